The van der Waals surface area contributed by atoms with Crippen LogP contribution in [-0.2, 0) is 9.53 Å². The molecule has 2 unspecified atom stereocenters. The SMILES string of the molecule is CCCC(C)OC(=O)CC(N)C1CC1. The third-order valence-electron chi connectivity index (χ3n) is 2.66. The van der Waals surface area contributed by atoms with Gasteiger partial charge in [-0.2, -0.15) is 0 Å². The molecule has 0 aromatic rings. The van der Waals surface area contributed by atoms with Gasteiger partial charge in [0.15, 0.2) is 0 Å². The van der Waals surface area contributed by atoms with Crippen LogP contribution in [0.1, 0.15) is 46.0 Å². The second kappa shape index (κ2) is 5.35. The zero-order valence-corrected chi connectivity index (χ0v) is 9.16. The van der Waals surface area contributed by atoms with Gasteiger partial charge in [0.2, 0.25) is 0 Å². The van der Waals surface area contributed by atoms with E-state index in [0.717, 1.165) is 12.8 Å². The highest BCUT2D eigenvalue weighted by atomic mass is 16.5. The molecule has 0 bridgehead atoms. The summed E-state index contributed by atoms with van der Waals surface area (Å²) in [4.78, 5) is 11.4. The van der Waals surface area contributed by atoms with Crippen molar-refractivity contribution in [3.05, 3.63) is 0 Å². The smallest absolute Gasteiger partial charge is 0.307 e. The number of hydrogen-bond donors (Lipinski definition) is 1. The monoisotopic (exact) mass is 199 g/mol. The molecule has 1 aliphatic rings. The first-order chi connectivity index (χ1) is 6.63. The number of nitrogens with two attached hydrogens (primary N) is 1. The number of hydrogen-bond acceptors (Lipinski definition) is 3. The van der Waals surface area contributed by atoms with Crippen LogP contribution in [0.4, 0.5) is 0 Å². The van der Waals surface area contributed by atoms with Crippen molar-refractivity contribution in [3.8, 4) is 0 Å². The summed E-state index contributed by atoms with van der Waals surface area (Å²) in [6, 6.07) is 0.0244. The summed E-state index contributed by atoms with van der Waals surface area (Å²) in [5, 5.41) is 0. The molecule has 1 rings (SSSR count). The van der Waals surface area contributed by atoms with E-state index >= 15 is 0 Å². The Morgan fingerprint density at radius 1 is 1.57 bits per heavy atom. The lowest BCUT2D eigenvalue weighted by Gasteiger charge is -2.14. The zero-order chi connectivity index (χ0) is 10.6. The summed E-state index contributed by atoms with van der Waals surface area (Å²) in [6.07, 6.45) is 4.77. The Morgan fingerprint density at radius 3 is 2.71 bits per heavy atom. The second-order valence-electron chi connectivity index (χ2n) is 4.29. The fraction of sp³-hybridized carbons (Fsp3) is 0.909. The van der Waals surface area contributed by atoms with Gasteiger partial charge >= 0.3 is 5.97 Å². The van der Waals surface area contributed by atoms with E-state index in [-0.39, 0.29) is 18.1 Å². The van der Waals surface area contributed by atoms with E-state index in [1.165, 1.54) is 12.8 Å². The Bertz CT molecular complexity index is 190. The number of carbonyl (C=O) groups is 1. The van der Waals surface area contributed by atoms with Crippen molar-refractivity contribution < 1.29 is 9.53 Å². The van der Waals surface area contributed by atoms with Crippen molar-refractivity contribution in [2.45, 2.75) is 58.1 Å². The molecule has 2 N–H and O–H groups in total. The third kappa shape index (κ3) is 4.09. The standard InChI is InChI=1S/C11H21NO2/c1-3-4-8(2)14-11(13)7-10(12)9-5-6-9/h8-10H,3-7,12H2,1-2H3. The molecular weight excluding hydrogens is 178 g/mol. The summed E-state index contributed by atoms with van der Waals surface area (Å²) in [5.74, 6) is 0.439. The minimum Gasteiger partial charge on any atom is -0.463 e. The molecule has 0 aromatic heterocycles. The molecule has 0 aliphatic heterocycles. The van der Waals surface area contributed by atoms with Gasteiger partial charge in [-0.3, -0.25) is 4.79 Å². The van der Waals surface area contributed by atoms with Gasteiger partial charge in [-0.15, -0.1) is 0 Å². The van der Waals surface area contributed by atoms with Crippen LogP contribution in [0.5, 0.6) is 0 Å². The van der Waals surface area contributed by atoms with Crippen LogP contribution in [0.15, 0.2) is 0 Å². The molecule has 0 heterocycles. The molecule has 3 nitrogen and oxygen atoms in total. The molecule has 1 saturated carbocycles. The lowest BCUT2D eigenvalue weighted by molar-refractivity contribution is -0.149. The zero-order valence-electron chi connectivity index (χ0n) is 9.16. The summed E-state index contributed by atoms with van der Waals surface area (Å²) in [7, 11) is 0. The van der Waals surface area contributed by atoms with Gasteiger partial charge in [0.05, 0.1) is 12.5 Å². The lowest BCUT2D eigenvalue weighted by Crippen LogP contribution is -2.28. The van der Waals surface area contributed by atoms with E-state index in [2.05, 4.69) is 6.92 Å². The Balaban J connectivity index is 2.13. The van der Waals surface area contributed by atoms with E-state index in [0.29, 0.717) is 12.3 Å². The van der Waals surface area contributed by atoms with Crippen LogP contribution >= 0.6 is 0 Å². The molecule has 3 heteroatoms. The van der Waals surface area contributed by atoms with Crippen LogP contribution in [0, 0.1) is 5.92 Å². The van der Waals surface area contributed by atoms with Crippen LogP contribution < -0.4 is 5.73 Å². The molecule has 82 valence electrons. The van der Waals surface area contributed by atoms with Crippen molar-refractivity contribution in [3.63, 3.8) is 0 Å². The maximum Gasteiger partial charge on any atom is 0.307 e. The normalized spacial score (nSPS) is 20.2. The van der Waals surface area contributed by atoms with Gasteiger partial charge in [-0.05, 0) is 32.1 Å². The molecule has 14 heavy (non-hydrogen) atoms. The van der Waals surface area contributed by atoms with Crippen LogP contribution in [0.3, 0.4) is 0 Å². The first-order valence-corrected chi connectivity index (χ1v) is 5.58. The Kier molecular flexibility index (Phi) is 4.39. The Morgan fingerprint density at radius 2 is 2.21 bits per heavy atom. The van der Waals surface area contributed by atoms with Gasteiger partial charge in [0.1, 0.15) is 0 Å². The number of rotatable bonds is 6. The summed E-state index contributed by atoms with van der Waals surface area (Å²) >= 11 is 0. The van der Waals surface area contributed by atoms with Gasteiger partial charge in [0.25, 0.3) is 0 Å². The van der Waals surface area contributed by atoms with E-state index in [1.807, 2.05) is 6.92 Å². The highest BCUT2D eigenvalue weighted by molar-refractivity contribution is 5.70. The van der Waals surface area contributed by atoms with Gasteiger partial charge in [-0.1, -0.05) is 13.3 Å². The van der Waals surface area contributed by atoms with Gasteiger partial charge < -0.3 is 10.5 Å². The quantitative estimate of drug-likeness (QED) is 0.664. The molecule has 1 fully saturated rings. The van der Waals surface area contributed by atoms with Crippen molar-refractivity contribution in [1.82, 2.24) is 0 Å². The van der Waals surface area contributed by atoms with E-state index in [9.17, 15) is 4.79 Å². The van der Waals surface area contributed by atoms with Crippen LogP contribution in [0.25, 0.3) is 0 Å². The second-order valence-corrected chi connectivity index (χ2v) is 4.29. The molecule has 0 radical (unpaired) electrons. The predicted octanol–water partition coefficient (Wildman–Crippen LogP) is 1.85. The number of esters is 1. The van der Waals surface area contributed by atoms with Crippen LogP contribution in [0.2, 0.25) is 0 Å². The molecule has 0 spiro atoms. The number of carbonyl (C=O) groups excluding carboxylic acids is 1. The van der Waals surface area contributed by atoms with Crippen molar-refractivity contribution in [2.75, 3.05) is 0 Å². The number of ether oxygens (including phenoxy) is 1. The van der Waals surface area contributed by atoms with E-state index < -0.39 is 0 Å². The van der Waals surface area contributed by atoms with Crippen molar-refractivity contribution >= 4 is 5.97 Å². The topological polar surface area (TPSA) is 52.3 Å². The lowest BCUT2D eigenvalue weighted by atomic mass is 10.1. The maximum atomic E-state index is 11.4. The van der Waals surface area contributed by atoms with E-state index in [4.69, 9.17) is 10.5 Å². The molecule has 0 saturated heterocycles. The predicted molar refractivity (Wildman–Crippen MR) is 55.8 cm³/mol. The maximum absolute atomic E-state index is 11.4. The van der Waals surface area contributed by atoms with Gasteiger partial charge in [-0.25, -0.2) is 0 Å². The van der Waals surface area contributed by atoms with Crippen molar-refractivity contribution in [1.29, 1.82) is 0 Å². The van der Waals surface area contributed by atoms with E-state index in [1.54, 1.807) is 0 Å². The third-order valence-corrected chi connectivity index (χ3v) is 2.66. The van der Waals surface area contributed by atoms with Gasteiger partial charge in [0, 0.05) is 6.04 Å². The summed E-state index contributed by atoms with van der Waals surface area (Å²) < 4.78 is 5.22. The molecule has 0 aromatic carbocycles. The van der Waals surface area contributed by atoms with Crippen LogP contribution in [-0.4, -0.2) is 18.1 Å². The highest BCUT2D eigenvalue weighted by Crippen LogP contribution is 2.32. The van der Waals surface area contributed by atoms with Crippen molar-refractivity contribution in [2.24, 2.45) is 11.7 Å². The molecule has 2 atom stereocenters. The Labute approximate surface area is 86.0 Å². The molecule has 0 amide bonds. The first kappa shape index (κ1) is 11.5. The fourth-order valence-corrected chi connectivity index (χ4v) is 1.62. The average molecular weight is 199 g/mol. The Hall–Kier alpha value is -0.570. The molecule has 1 aliphatic carbocycles. The molecular formula is C11H21NO2. The minimum atomic E-state index is -0.134. The summed E-state index contributed by atoms with van der Waals surface area (Å²) in [5.41, 5.74) is 5.83. The highest BCUT2D eigenvalue weighted by Gasteiger charge is 2.30. The average Bonchev–Trinajstić information content (AvgIpc) is 2.85. The largest absolute Gasteiger partial charge is 0.463 e. The first-order valence-electron chi connectivity index (χ1n) is 5.58. The fourth-order valence-electron chi connectivity index (χ4n) is 1.62. The summed E-state index contributed by atoms with van der Waals surface area (Å²) in [6.45, 7) is 4.02. The minimum absolute atomic E-state index is 0.0244.